The monoisotopic (exact) mass is 370 g/mol. The van der Waals surface area contributed by atoms with Gasteiger partial charge in [0.2, 0.25) is 11.8 Å². The molecule has 0 spiro atoms. The molecule has 140 valence electrons. The van der Waals surface area contributed by atoms with Crippen LogP contribution >= 0.6 is 0 Å². The van der Waals surface area contributed by atoms with Gasteiger partial charge in [-0.15, -0.1) is 13.2 Å². The minimum absolute atomic E-state index is 0.0812. The minimum atomic E-state index is -4.77. The number of benzene rings is 1. The largest absolute Gasteiger partial charge is 0.573 e. The van der Waals surface area contributed by atoms with E-state index in [-0.39, 0.29) is 24.6 Å². The molecule has 1 heterocycles. The van der Waals surface area contributed by atoms with Crippen molar-refractivity contribution in [2.75, 3.05) is 0 Å². The number of rotatable bonds is 7. The summed E-state index contributed by atoms with van der Waals surface area (Å²) in [5.41, 5.74) is 0.486. The Kier molecular flexibility index (Phi) is 6.26. The van der Waals surface area contributed by atoms with E-state index < -0.39 is 18.3 Å². The second-order valence-corrected chi connectivity index (χ2v) is 5.45. The summed E-state index contributed by atoms with van der Waals surface area (Å²) in [7, 11) is 0. The van der Waals surface area contributed by atoms with Gasteiger partial charge in [0.05, 0.1) is 19.2 Å². The molecule has 0 aliphatic carbocycles. The van der Waals surface area contributed by atoms with E-state index in [2.05, 4.69) is 15.4 Å². The Bertz CT molecular complexity index is 727. The molecule has 2 amide bonds. The maximum Gasteiger partial charge on any atom is 0.573 e. The fourth-order valence-corrected chi connectivity index (χ4v) is 2.09. The molecule has 0 saturated carbocycles. The van der Waals surface area contributed by atoms with Gasteiger partial charge in [-0.3, -0.25) is 9.59 Å². The first-order valence-electron chi connectivity index (χ1n) is 7.67. The predicted octanol–water partition coefficient (Wildman–Crippen LogP) is 2.54. The molecular weight excluding hydrogens is 353 g/mol. The van der Waals surface area contributed by atoms with Gasteiger partial charge >= 0.3 is 6.36 Å². The summed E-state index contributed by atoms with van der Waals surface area (Å²) in [6.07, 6.45) is -3.36. The smallest absolute Gasteiger partial charge is 0.467 e. The van der Waals surface area contributed by atoms with Crippen molar-refractivity contribution in [2.45, 2.75) is 32.3 Å². The molecule has 1 aromatic carbocycles. The predicted molar refractivity (Wildman–Crippen MR) is 85.0 cm³/mol. The van der Waals surface area contributed by atoms with E-state index in [9.17, 15) is 22.8 Å². The summed E-state index contributed by atoms with van der Waals surface area (Å²) in [6.45, 7) is 1.72. The van der Waals surface area contributed by atoms with Crippen LogP contribution in [0.2, 0.25) is 0 Å². The minimum Gasteiger partial charge on any atom is -0.467 e. The van der Waals surface area contributed by atoms with Gasteiger partial charge in [0, 0.05) is 0 Å². The van der Waals surface area contributed by atoms with Crippen molar-refractivity contribution < 1.29 is 31.9 Å². The summed E-state index contributed by atoms with van der Waals surface area (Å²) in [5, 5.41) is 5.13. The molecule has 1 atom stereocenters. The Morgan fingerprint density at radius 3 is 2.46 bits per heavy atom. The maximum atomic E-state index is 12.1. The standard InChI is InChI=1S/C17H17F3N2O4/c1-11(16(24)21-10-14-3-2-8-25-14)22-15(23)9-12-4-6-13(7-5-12)26-17(18,19)20/h2-8,11H,9-10H2,1H3,(H,21,24)(H,22,23). The first kappa shape index (κ1) is 19.4. The average molecular weight is 370 g/mol. The Morgan fingerprint density at radius 2 is 1.88 bits per heavy atom. The third-order valence-electron chi connectivity index (χ3n) is 3.31. The molecule has 2 rings (SSSR count). The summed E-state index contributed by atoms with van der Waals surface area (Å²) in [5.74, 6) is -0.607. The zero-order chi connectivity index (χ0) is 19.2. The molecule has 0 fully saturated rings. The van der Waals surface area contributed by atoms with E-state index >= 15 is 0 Å². The van der Waals surface area contributed by atoms with Gasteiger partial charge < -0.3 is 19.8 Å². The number of nitrogens with one attached hydrogen (secondary N) is 2. The summed E-state index contributed by atoms with van der Waals surface area (Å²) in [4.78, 5) is 23.9. The lowest BCUT2D eigenvalue weighted by atomic mass is 10.1. The maximum absolute atomic E-state index is 12.1. The van der Waals surface area contributed by atoms with Gasteiger partial charge in [-0.1, -0.05) is 12.1 Å². The third-order valence-corrected chi connectivity index (χ3v) is 3.31. The van der Waals surface area contributed by atoms with Crippen molar-refractivity contribution in [1.82, 2.24) is 10.6 Å². The van der Waals surface area contributed by atoms with Crippen molar-refractivity contribution in [3.8, 4) is 5.75 Å². The van der Waals surface area contributed by atoms with E-state index in [1.165, 1.54) is 25.3 Å². The molecule has 0 bridgehead atoms. The van der Waals surface area contributed by atoms with Gasteiger partial charge in [0.15, 0.2) is 0 Å². The highest BCUT2D eigenvalue weighted by Gasteiger charge is 2.31. The van der Waals surface area contributed by atoms with E-state index in [0.29, 0.717) is 11.3 Å². The normalized spacial score (nSPS) is 12.3. The van der Waals surface area contributed by atoms with E-state index in [1.807, 2.05) is 0 Å². The molecule has 9 heteroatoms. The molecule has 0 saturated heterocycles. The van der Waals surface area contributed by atoms with Crippen LogP contribution < -0.4 is 15.4 Å². The van der Waals surface area contributed by atoms with Crippen LogP contribution in [0.1, 0.15) is 18.2 Å². The van der Waals surface area contributed by atoms with Gasteiger partial charge in [0.1, 0.15) is 17.6 Å². The molecule has 1 unspecified atom stereocenters. The number of hydrogen-bond donors (Lipinski definition) is 2. The topological polar surface area (TPSA) is 80.6 Å². The van der Waals surface area contributed by atoms with Crippen LogP contribution in [-0.2, 0) is 22.6 Å². The van der Waals surface area contributed by atoms with Crippen LogP contribution in [0.3, 0.4) is 0 Å². The lowest BCUT2D eigenvalue weighted by molar-refractivity contribution is -0.274. The highest BCUT2D eigenvalue weighted by molar-refractivity contribution is 5.88. The van der Waals surface area contributed by atoms with Crippen LogP contribution in [0.5, 0.6) is 5.75 Å². The van der Waals surface area contributed by atoms with Crippen LogP contribution in [-0.4, -0.2) is 24.2 Å². The quantitative estimate of drug-likeness (QED) is 0.785. The Balaban J connectivity index is 1.79. The Labute approximate surface area is 147 Å². The SMILES string of the molecule is CC(NC(=O)Cc1ccc(OC(F)(F)F)cc1)C(=O)NCc1ccco1. The van der Waals surface area contributed by atoms with E-state index in [0.717, 1.165) is 12.1 Å². The highest BCUT2D eigenvalue weighted by atomic mass is 19.4. The van der Waals surface area contributed by atoms with Crippen molar-refractivity contribution in [2.24, 2.45) is 0 Å². The van der Waals surface area contributed by atoms with Crippen LogP contribution in [0, 0.1) is 0 Å². The molecule has 6 nitrogen and oxygen atoms in total. The van der Waals surface area contributed by atoms with E-state index in [4.69, 9.17) is 4.42 Å². The van der Waals surface area contributed by atoms with Gasteiger partial charge in [-0.05, 0) is 36.8 Å². The molecule has 0 aliphatic heterocycles. The zero-order valence-electron chi connectivity index (χ0n) is 13.8. The van der Waals surface area contributed by atoms with Gasteiger partial charge in [-0.25, -0.2) is 0 Å². The zero-order valence-corrected chi connectivity index (χ0v) is 13.8. The molecule has 0 aliphatic rings. The second kappa shape index (κ2) is 8.41. The molecule has 1 aromatic heterocycles. The number of ether oxygens (including phenoxy) is 1. The fourth-order valence-electron chi connectivity index (χ4n) is 2.09. The fraction of sp³-hybridized carbons (Fsp3) is 0.294. The molecular formula is C17H17F3N2O4. The van der Waals surface area contributed by atoms with Gasteiger partial charge in [0.25, 0.3) is 0 Å². The summed E-state index contributed by atoms with van der Waals surface area (Å²) < 4.78 is 45.1. The van der Waals surface area contributed by atoms with Crippen LogP contribution in [0.25, 0.3) is 0 Å². The van der Waals surface area contributed by atoms with E-state index in [1.54, 1.807) is 12.1 Å². The third kappa shape index (κ3) is 6.50. The molecule has 0 radical (unpaired) electrons. The first-order chi connectivity index (χ1) is 12.2. The Morgan fingerprint density at radius 1 is 1.19 bits per heavy atom. The molecule has 26 heavy (non-hydrogen) atoms. The molecule has 2 N–H and O–H groups in total. The molecule has 2 aromatic rings. The first-order valence-corrected chi connectivity index (χ1v) is 7.67. The lowest BCUT2D eigenvalue weighted by Crippen LogP contribution is -2.45. The van der Waals surface area contributed by atoms with Gasteiger partial charge in [-0.2, -0.15) is 0 Å². The highest BCUT2D eigenvalue weighted by Crippen LogP contribution is 2.22. The second-order valence-electron chi connectivity index (χ2n) is 5.45. The number of carbonyl (C=O) groups excluding carboxylic acids is 2. The number of alkyl halides is 3. The summed E-state index contributed by atoms with van der Waals surface area (Å²) >= 11 is 0. The lowest BCUT2D eigenvalue weighted by Gasteiger charge is -2.14. The number of hydrogen-bond acceptors (Lipinski definition) is 4. The number of halogens is 3. The summed E-state index contributed by atoms with van der Waals surface area (Å²) in [6, 6.07) is 7.56. The number of carbonyl (C=O) groups is 2. The van der Waals surface area contributed by atoms with Crippen molar-refractivity contribution >= 4 is 11.8 Å². The number of amides is 2. The number of furan rings is 1. The van der Waals surface area contributed by atoms with Crippen molar-refractivity contribution in [3.63, 3.8) is 0 Å². The van der Waals surface area contributed by atoms with Crippen LogP contribution in [0.15, 0.2) is 47.1 Å². The Hall–Kier alpha value is -2.97. The van der Waals surface area contributed by atoms with Crippen molar-refractivity contribution in [3.05, 3.63) is 54.0 Å². The van der Waals surface area contributed by atoms with Crippen molar-refractivity contribution in [1.29, 1.82) is 0 Å². The van der Waals surface area contributed by atoms with Crippen LogP contribution in [0.4, 0.5) is 13.2 Å². The average Bonchev–Trinajstić information content (AvgIpc) is 3.06.